The van der Waals surface area contributed by atoms with E-state index in [2.05, 4.69) is 5.43 Å². The second-order valence-corrected chi connectivity index (χ2v) is 7.18. The minimum atomic E-state index is -0.146. The second-order valence-electron chi connectivity index (χ2n) is 7.18. The van der Waals surface area contributed by atoms with Crippen LogP contribution in [-0.4, -0.2) is 49.0 Å². The lowest BCUT2D eigenvalue weighted by Gasteiger charge is -2.27. The average molecular weight is 391 g/mol. The Kier molecular flexibility index (Phi) is 4.54. The van der Waals surface area contributed by atoms with Crippen molar-refractivity contribution in [1.29, 1.82) is 0 Å². The third-order valence-electron chi connectivity index (χ3n) is 5.15. The van der Waals surface area contributed by atoms with E-state index in [1.165, 1.54) is 0 Å². The third-order valence-corrected chi connectivity index (χ3v) is 5.15. The molecule has 0 radical (unpaired) electrons. The molecule has 3 heterocycles. The standard InChI is InChI=1S/C22H21N3O4/c1-14-2-4-18-16(10-14)17(22(26)24-25-6-8-27-9-7-25)12-19(23-18)15-3-5-20-21(11-15)29-13-28-20/h2-5,10-12H,6-9,13H2,1H3,(H,24,26). The van der Waals surface area contributed by atoms with Gasteiger partial charge < -0.3 is 14.2 Å². The molecule has 1 fully saturated rings. The Bertz CT molecular complexity index is 1090. The fourth-order valence-electron chi connectivity index (χ4n) is 3.61. The van der Waals surface area contributed by atoms with Gasteiger partial charge in [-0.3, -0.25) is 10.2 Å². The molecule has 1 amide bonds. The fourth-order valence-corrected chi connectivity index (χ4v) is 3.61. The molecule has 0 saturated carbocycles. The molecule has 29 heavy (non-hydrogen) atoms. The normalized spacial score (nSPS) is 16.2. The van der Waals surface area contributed by atoms with E-state index in [1.807, 2.05) is 54.4 Å². The van der Waals surface area contributed by atoms with Gasteiger partial charge in [0.25, 0.3) is 5.91 Å². The number of nitrogens with one attached hydrogen (secondary N) is 1. The molecule has 2 aromatic carbocycles. The van der Waals surface area contributed by atoms with Crippen molar-refractivity contribution < 1.29 is 19.0 Å². The van der Waals surface area contributed by atoms with Gasteiger partial charge in [-0.25, -0.2) is 9.99 Å². The van der Waals surface area contributed by atoms with E-state index in [0.29, 0.717) is 43.3 Å². The number of fused-ring (bicyclic) bond motifs is 2. The first-order valence-corrected chi connectivity index (χ1v) is 9.62. The summed E-state index contributed by atoms with van der Waals surface area (Å²) in [6.45, 7) is 4.79. The molecule has 3 aromatic rings. The monoisotopic (exact) mass is 391 g/mol. The van der Waals surface area contributed by atoms with E-state index in [4.69, 9.17) is 19.2 Å². The summed E-state index contributed by atoms with van der Waals surface area (Å²) < 4.78 is 16.3. The zero-order chi connectivity index (χ0) is 19.8. The molecule has 1 aromatic heterocycles. The Balaban J connectivity index is 1.57. The molecular formula is C22H21N3O4. The third kappa shape index (κ3) is 3.50. The van der Waals surface area contributed by atoms with Crippen molar-refractivity contribution >= 4 is 16.8 Å². The highest BCUT2D eigenvalue weighted by molar-refractivity contribution is 6.07. The maximum atomic E-state index is 13.1. The number of aromatic nitrogens is 1. The highest BCUT2D eigenvalue weighted by Crippen LogP contribution is 2.36. The average Bonchev–Trinajstić information content (AvgIpc) is 3.21. The van der Waals surface area contributed by atoms with Crippen molar-refractivity contribution in [2.45, 2.75) is 6.92 Å². The highest BCUT2D eigenvalue weighted by atomic mass is 16.7. The van der Waals surface area contributed by atoms with Crippen LogP contribution in [0.15, 0.2) is 42.5 Å². The summed E-state index contributed by atoms with van der Waals surface area (Å²) in [4.78, 5) is 17.9. The lowest BCUT2D eigenvalue weighted by molar-refractivity contribution is 0.0127. The molecule has 0 aliphatic carbocycles. The Hall–Kier alpha value is -3.16. The van der Waals surface area contributed by atoms with Gasteiger partial charge >= 0.3 is 0 Å². The molecule has 2 aliphatic heterocycles. The van der Waals surface area contributed by atoms with Crippen molar-refractivity contribution in [1.82, 2.24) is 15.4 Å². The minimum absolute atomic E-state index is 0.146. The number of benzene rings is 2. The Morgan fingerprint density at radius 1 is 1.03 bits per heavy atom. The molecule has 1 saturated heterocycles. The number of aryl methyl sites for hydroxylation is 1. The number of carbonyl (C=O) groups is 1. The van der Waals surface area contributed by atoms with Crippen molar-refractivity contribution in [3.63, 3.8) is 0 Å². The van der Waals surface area contributed by atoms with E-state index in [0.717, 1.165) is 27.8 Å². The number of amides is 1. The maximum Gasteiger partial charge on any atom is 0.266 e. The Labute approximate surface area is 168 Å². The predicted molar refractivity (Wildman–Crippen MR) is 108 cm³/mol. The van der Waals surface area contributed by atoms with E-state index >= 15 is 0 Å². The minimum Gasteiger partial charge on any atom is -0.454 e. The van der Waals surface area contributed by atoms with Gasteiger partial charge in [0.05, 0.1) is 30.0 Å². The van der Waals surface area contributed by atoms with Crippen LogP contribution in [0.2, 0.25) is 0 Å². The molecule has 5 rings (SSSR count). The first-order valence-electron chi connectivity index (χ1n) is 9.62. The molecule has 0 bridgehead atoms. The topological polar surface area (TPSA) is 72.9 Å². The van der Waals surface area contributed by atoms with Gasteiger partial charge in [0.2, 0.25) is 6.79 Å². The van der Waals surface area contributed by atoms with Gasteiger partial charge in [-0.2, -0.15) is 0 Å². The maximum absolute atomic E-state index is 13.1. The van der Waals surface area contributed by atoms with E-state index < -0.39 is 0 Å². The predicted octanol–water partition coefficient (Wildman–Crippen LogP) is 2.92. The number of carbonyl (C=O) groups excluding carboxylic acids is 1. The van der Waals surface area contributed by atoms with E-state index in [9.17, 15) is 4.79 Å². The summed E-state index contributed by atoms with van der Waals surface area (Å²) in [7, 11) is 0. The molecular weight excluding hydrogens is 370 g/mol. The van der Waals surface area contributed by atoms with Gasteiger partial charge in [-0.15, -0.1) is 0 Å². The first kappa shape index (κ1) is 17.9. The smallest absolute Gasteiger partial charge is 0.266 e. The molecule has 1 N–H and O–H groups in total. The molecule has 2 aliphatic rings. The van der Waals surface area contributed by atoms with Crippen molar-refractivity contribution in [3.8, 4) is 22.8 Å². The zero-order valence-electron chi connectivity index (χ0n) is 16.1. The number of nitrogens with zero attached hydrogens (tertiary/aromatic N) is 2. The zero-order valence-corrected chi connectivity index (χ0v) is 16.1. The molecule has 7 nitrogen and oxygen atoms in total. The first-order chi connectivity index (χ1) is 14.2. The summed E-state index contributed by atoms with van der Waals surface area (Å²) in [6, 6.07) is 13.5. The Morgan fingerprint density at radius 2 is 1.86 bits per heavy atom. The summed E-state index contributed by atoms with van der Waals surface area (Å²) in [5, 5.41) is 2.73. The number of hydrazine groups is 1. The molecule has 148 valence electrons. The Morgan fingerprint density at radius 3 is 2.72 bits per heavy atom. The van der Waals surface area contributed by atoms with Crippen LogP contribution in [-0.2, 0) is 4.74 Å². The molecule has 0 atom stereocenters. The summed E-state index contributed by atoms with van der Waals surface area (Å²) >= 11 is 0. The number of morpholine rings is 1. The van der Waals surface area contributed by atoms with E-state index in [1.54, 1.807) is 0 Å². The summed E-state index contributed by atoms with van der Waals surface area (Å²) in [5.41, 5.74) is 7.05. The van der Waals surface area contributed by atoms with Crippen molar-refractivity contribution in [2.24, 2.45) is 0 Å². The van der Waals surface area contributed by atoms with Crippen LogP contribution in [0.3, 0.4) is 0 Å². The molecule has 0 unspecified atom stereocenters. The van der Waals surface area contributed by atoms with Crippen LogP contribution in [0.4, 0.5) is 0 Å². The van der Waals surface area contributed by atoms with Crippen molar-refractivity contribution in [2.75, 3.05) is 33.1 Å². The van der Waals surface area contributed by atoms with Crippen LogP contribution in [0.25, 0.3) is 22.2 Å². The fraction of sp³-hybridized carbons (Fsp3) is 0.273. The highest BCUT2D eigenvalue weighted by Gasteiger charge is 2.20. The van der Waals surface area contributed by atoms with Crippen LogP contribution in [0.1, 0.15) is 15.9 Å². The van der Waals surface area contributed by atoms with E-state index in [-0.39, 0.29) is 12.7 Å². The SMILES string of the molecule is Cc1ccc2nc(-c3ccc4c(c3)OCO4)cc(C(=O)NN3CCOCC3)c2c1. The number of hydrogen-bond acceptors (Lipinski definition) is 6. The number of hydrogen-bond donors (Lipinski definition) is 1. The van der Waals surface area contributed by atoms with Gasteiger partial charge in [0, 0.05) is 24.0 Å². The van der Waals surface area contributed by atoms with Gasteiger partial charge in [-0.1, -0.05) is 11.6 Å². The van der Waals surface area contributed by atoms with Gasteiger partial charge in [-0.05, 0) is 43.3 Å². The van der Waals surface area contributed by atoms with Crippen LogP contribution < -0.4 is 14.9 Å². The largest absolute Gasteiger partial charge is 0.454 e. The number of ether oxygens (including phenoxy) is 3. The van der Waals surface area contributed by atoms with Gasteiger partial charge in [0.1, 0.15) is 0 Å². The summed E-state index contributed by atoms with van der Waals surface area (Å²) in [5.74, 6) is 1.26. The summed E-state index contributed by atoms with van der Waals surface area (Å²) in [6.07, 6.45) is 0. The van der Waals surface area contributed by atoms with Crippen LogP contribution in [0.5, 0.6) is 11.5 Å². The van der Waals surface area contributed by atoms with Crippen LogP contribution >= 0.6 is 0 Å². The van der Waals surface area contributed by atoms with Crippen molar-refractivity contribution in [3.05, 3.63) is 53.6 Å². The number of pyridine rings is 1. The van der Waals surface area contributed by atoms with Crippen LogP contribution in [0, 0.1) is 6.92 Å². The lowest BCUT2D eigenvalue weighted by Crippen LogP contribution is -2.48. The lowest BCUT2D eigenvalue weighted by atomic mass is 10.0. The molecule has 0 spiro atoms. The number of rotatable bonds is 3. The molecule has 7 heteroatoms. The quantitative estimate of drug-likeness (QED) is 0.740. The van der Waals surface area contributed by atoms with Gasteiger partial charge in [0.15, 0.2) is 11.5 Å². The second kappa shape index (κ2) is 7.35.